The maximum absolute atomic E-state index is 10.5. The van der Waals surface area contributed by atoms with Gasteiger partial charge in [-0.05, 0) is 19.3 Å². The summed E-state index contributed by atoms with van der Waals surface area (Å²) in [5, 5.41) is 16.6. The molecule has 64 valence electrons. The predicted molar refractivity (Wildman–Crippen MR) is 40.4 cm³/mol. The van der Waals surface area contributed by atoms with Crippen molar-refractivity contribution in [3.8, 4) is 0 Å². The Balaban J connectivity index is 2.53. The minimum atomic E-state index is -1.28. The standard InChI is InChI=1S/C7H11ClO3/c8-7(11)3-1-2-5(4-7)6(9)10/h5,11H,1-4H2,(H,9,10)/t5-,7+/m1/s1. The van der Waals surface area contributed by atoms with Gasteiger partial charge in [-0.15, -0.1) is 0 Å². The molecule has 0 saturated heterocycles. The summed E-state index contributed by atoms with van der Waals surface area (Å²) in [6, 6.07) is 0. The van der Waals surface area contributed by atoms with Crippen LogP contribution in [0.2, 0.25) is 0 Å². The first-order valence-electron chi connectivity index (χ1n) is 3.65. The third-order valence-corrected chi connectivity index (χ3v) is 2.36. The zero-order valence-electron chi connectivity index (χ0n) is 6.09. The number of aliphatic hydroxyl groups is 1. The first-order chi connectivity index (χ1) is 5.01. The monoisotopic (exact) mass is 178 g/mol. The Labute approximate surface area is 70.0 Å². The van der Waals surface area contributed by atoms with Crippen LogP contribution in [0.1, 0.15) is 25.7 Å². The van der Waals surface area contributed by atoms with Gasteiger partial charge in [0.1, 0.15) is 5.06 Å². The van der Waals surface area contributed by atoms with Crippen LogP contribution in [0.4, 0.5) is 0 Å². The molecule has 0 aromatic heterocycles. The largest absolute Gasteiger partial charge is 0.481 e. The third-order valence-electron chi connectivity index (χ3n) is 2.02. The van der Waals surface area contributed by atoms with E-state index in [2.05, 4.69) is 0 Å². The molecule has 2 N–H and O–H groups in total. The molecule has 0 heterocycles. The van der Waals surface area contributed by atoms with Crippen molar-refractivity contribution in [2.75, 3.05) is 0 Å². The molecular formula is C7H11ClO3. The number of carboxylic acids is 1. The van der Waals surface area contributed by atoms with Crippen LogP contribution in [-0.4, -0.2) is 21.2 Å². The van der Waals surface area contributed by atoms with Crippen molar-refractivity contribution in [2.24, 2.45) is 5.92 Å². The van der Waals surface area contributed by atoms with Crippen molar-refractivity contribution in [1.82, 2.24) is 0 Å². The number of hydrogen-bond acceptors (Lipinski definition) is 2. The van der Waals surface area contributed by atoms with Gasteiger partial charge in [-0.1, -0.05) is 11.6 Å². The summed E-state index contributed by atoms with van der Waals surface area (Å²) in [5.74, 6) is -1.32. The molecule has 4 heteroatoms. The Morgan fingerprint density at radius 1 is 1.64 bits per heavy atom. The average Bonchev–Trinajstić information content (AvgIpc) is 1.85. The van der Waals surface area contributed by atoms with Crippen LogP contribution in [0.3, 0.4) is 0 Å². The molecule has 0 radical (unpaired) electrons. The van der Waals surface area contributed by atoms with Crippen molar-refractivity contribution in [3.05, 3.63) is 0 Å². The number of aliphatic carboxylic acids is 1. The number of carbonyl (C=O) groups is 1. The van der Waals surface area contributed by atoms with Gasteiger partial charge < -0.3 is 10.2 Å². The molecule has 0 aliphatic heterocycles. The van der Waals surface area contributed by atoms with Crippen LogP contribution in [0.15, 0.2) is 0 Å². The molecule has 0 amide bonds. The first kappa shape index (κ1) is 8.81. The van der Waals surface area contributed by atoms with Gasteiger partial charge in [0.2, 0.25) is 0 Å². The predicted octanol–water partition coefficient (Wildman–Crippen LogP) is 1.19. The highest BCUT2D eigenvalue weighted by Crippen LogP contribution is 2.35. The van der Waals surface area contributed by atoms with Crippen LogP contribution in [0.5, 0.6) is 0 Å². The fraction of sp³-hybridized carbons (Fsp3) is 0.857. The van der Waals surface area contributed by atoms with E-state index < -0.39 is 16.9 Å². The third kappa shape index (κ3) is 2.34. The van der Waals surface area contributed by atoms with Crippen molar-refractivity contribution in [2.45, 2.75) is 30.7 Å². The number of halogens is 1. The molecule has 1 rings (SSSR count). The highest BCUT2D eigenvalue weighted by atomic mass is 35.5. The van der Waals surface area contributed by atoms with E-state index in [9.17, 15) is 9.90 Å². The number of hydrogen-bond donors (Lipinski definition) is 2. The van der Waals surface area contributed by atoms with Crippen LogP contribution >= 0.6 is 11.6 Å². The fourth-order valence-corrected chi connectivity index (χ4v) is 1.73. The van der Waals surface area contributed by atoms with Crippen LogP contribution < -0.4 is 0 Å². The van der Waals surface area contributed by atoms with Gasteiger partial charge in [0, 0.05) is 6.42 Å². The molecule has 11 heavy (non-hydrogen) atoms. The van der Waals surface area contributed by atoms with Gasteiger partial charge in [-0.3, -0.25) is 4.79 Å². The number of alkyl halides is 1. The van der Waals surface area contributed by atoms with Crippen LogP contribution in [0, 0.1) is 5.92 Å². The lowest BCUT2D eigenvalue weighted by atomic mass is 9.87. The van der Waals surface area contributed by atoms with E-state index in [-0.39, 0.29) is 6.42 Å². The maximum Gasteiger partial charge on any atom is 0.306 e. The first-order valence-corrected chi connectivity index (χ1v) is 4.03. The zero-order chi connectivity index (χ0) is 8.48. The molecule has 1 aliphatic carbocycles. The van der Waals surface area contributed by atoms with Crippen molar-refractivity contribution in [3.63, 3.8) is 0 Å². The lowest BCUT2D eigenvalue weighted by Crippen LogP contribution is -2.32. The Bertz CT molecular complexity index is 167. The molecule has 1 fully saturated rings. The Hall–Kier alpha value is -0.280. The Kier molecular flexibility index (Phi) is 2.40. The molecule has 0 aromatic carbocycles. The summed E-state index contributed by atoms with van der Waals surface area (Å²) in [7, 11) is 0. The highest BCUT2D eigenvalue weighted by molar-refractivity contribution is 6.22. The Morgan fingerprint density at radius 3 is 2.64 bits per heavy atom. The molecule has 2 atom stereocenters. The van der Waals surface area contributed by atoms with E-state index in [0.717, 1.165) is 0 Å². The van der Waals surface area contributed by atoms with Gasteiger partial charge in [0.05, 0.1) is 5.92 Å². The van der Waals surface area contributed by atoms with Crippen molar-refractivity contribution in [1.29, 1.82) is 0 Å². The summed E-state index contributed by atoms with van der Waals surface area (Å²) >= 11 is 5.60. The summed E-state index contributed by atoms with van der Waals surface area (Å²) in [4.78, 5) is 10.5. The molecule has 1 saturated carbocycles. The second-order valence-electron chi connectivity index (χ2n) is 3.05. The lowest BCUT2D eigenvalue weighted by Gasteiger charge is -2.29. The summed E-state index contributed by atoms with van der Waals surface area (Å²) in [6.45, 7) is 0. The topological polar surface area (TPSA) is 57.5 Å². The molecule has 0 aromatic rings. The second kappa shape index (κ2) is 2.99. The molecule has 0 bridgehead atoms. The van der Waals surface area contributed by atoms with Gasteiger partial charge in [0.15, 0.2) is 0 Å². The highest BCUT2D eigenvalue weighted by Gasteiger charge is 2.35. The summed E-state index contributed by atoms with van der Waals surface area (Å²) in [5.41, 5.74) is 0. The van der Waals surface area contributed by atoms with E-state index in [0.29, 0.717) is 19.3 Å². The van der Waals surface area contributed by atoms with Crippen LogP contribution in [0.25, 0.3) is 0 Å². The molecule has 0 unspecified atom stereocenters. The quantitative estimate of drug-likeness (QED) is 0.593. The van der Waals surface area contributed by atoms with E-state index in [1.54, 1.807) is 0 Å². The van der Waals surface area contributed by atoms with Gasteiger partial charge in [-0.25, -0.2) is 0 Å². The molecule has 0 spiro atoms. The number of carboxylic acid groups (broad SMARTS) is 1. The second-order valence-corrected chi connectivity index (χ2v) is 3.75. The van der Waals surface area contributed by atoms with Gasteiger partial charge in [-0.2, -0.15) is 0 Å². The van der Waals surface area contributed by atoms with E-state index in [1.165, 1.54) is 0 Å². The summed E-state index contributed by atoms with van der Waals surface area (Å²) in [6.07, 6.45) is 1.99. The van der Waals surface area contributed by atoms with Crippen molar-refractivity contribution < 1.29 is 15.0 Å². The minimum absolute atomic E-state index is 0.171. The molecule has 3 nitrogen and oxygen atoms in total. The maximum atomic E-state index is 10.5. The van der Waals surface area contributed by atoms with E-state index >= 15 is 0 Å². The summed E-state index contributed by atoms with van der Waals surface area (Å²) < 4.78 is 0. The normalized spacial score (nSPS) is 38.5. The Morgan fingerprint density at radius 2 is 2.27 bits per heavy atom. The minimum Gasteiger partial charge on any atom is -0.481 e. The molecule has 1 aliphatic rings. The zero-order valence-corrected chi connectivity index (χ0v) is 6.84. The van der Waals surface area contributed by atoms with Crippen LogP contribution in [-0.2, 0) is 4.79 Å². The average molecular weight is 179 g/mol. The number of rotatable bonds is 1. The van der Waals surface area contributed by atoms with E-state index in [1.807, 2.05) is 0 Å². The van der Waals surface area contributed by atoms with Crippen molar-refractivity contribution >= 4 is 17.6 Å². The smallest absolute Gasteiger partial charge is 0.306 e. The van der Waals surface area contributed by atoms with E-state index in [4.69, 9.17) is 16.7 Å². The SMILES string of the molecule is O=C(O)[C@@H]1CCC[C@@](O)(Cl)C1. The van der Waals surface area contributed by atoms with Gasteiger partial charge >= 0.3 is 5.97 Å². The molecular weight excluding hydrogens is 168 g/mol. The fourth-order valence-electron chi connectivity index (χ4n) is 1.41. The lowest BCUT2D eigenvalue weighted by molar-refractivity contribution is -0.144. The van der Waals surface area contributed by atoms with Gasteiger partial charge in [0.25, 0.3) is 0 Å².